The fraction of sp³-hybridized carbons (Fsp3) is 0.722. The Morgan fingerprint density at radius 2 is 1.32 bits per heavy atom. The molecular weight excluding hydrogens is 406 g/mol. The molecule has 0 unspecified atom stereocenters. The van der Waals surface area contributed by atoms with Crippen molar-refractivity contribution in [1.29, 1.82) is 10.8 Å². The first-order valence-electron chi connectivity index (χ1n) is 10.2. The molecule has 0 spiro atoms. The maximum atomic E-state index is 12.7. The highest BCUT2D eigenvalue weighted by Crippen LogP contribution is 2.06. The molecule has 2 amide bonds. The van der Waals surface area contributed by atoms with Gasteiger partial charge in [0.1, 0.15) is 12.1 Å². The summed E-state index contributed by atoms with van der Waals surface area (Å²) in [6.45, 7) is 4.44. The number of carboxylic acids is 1. The number of carbonyl (C=O) groups is 3. The predicted molar refractivity (Wildman–Crippen MR) is 117 cm³/mol. The molecule has 13 heteroatoms. The van der Waals surface area contributed by atoms with Gasteiger partial charge in [0.2, 0.25) is 11.8 Å². The third kappa shape index (κ3) is 13.7. The van der Waals surface area contributed by atoms with E-state index in [2.05, 4.69) is 21.3 Å². The lowest BCUT2D eigenvalue weighted by molar-refractivity contribution is -0.142. The number of amides is 2. The second-order valence-electron chi connectivity index (χ2n) is 7.66. The molecule has 0 aromatic heterocycles. The quantitative estimate of drug-likeness (QED) is 0.0758. The minimum atomic E-state index is -1.21. The Labute approximate surface area is 182 Å². The van der Waals surface area contributed by atoms with Gasteiger partial charge < -0.3 is 43.6 Å². The van der Waals surface area contributed by atoms with Crippen LogP contribution in [0, 0.1) is 16.7 Å². The lowest BCUT2D eigenvalue weighted by atomic mass is 10.0. The number of hydrogen-bond acceptors (Lipinski definition) is 6. The maximum absolute atomic E-state index is 12.7. The van der Waals surface area contributed by atoms with Gasteiger partial charge in [-0.3, -0.25) is 20.4 Å². The van der Waals surface area contributed by atoms with Crippen LogP contribution in [0.4, 0.5) is 0 Å². The van der Waals surface area contributed by atoms with Crippen molar-refractivity contribution in [3.63, 3.8) is 0 Å². The van der Waals surface area contributed by atoms with E-state index < -0.39 is 35.9 Å². The summed E-state index contributed by atoms with van der Waals surface area (Å²) in [7, 11) is 0. The van der Waals surface area contributed by atoms with Gasteiger partial charge in [-0.2, -0.15) is 0 Å². The van der Waals surface area contributed by atoms with E-state index in [1.807, 2.05) is 13.8 Å². The van der Waals surface area contributed by atoms with Gasteiger partial charge in [-0.05, 0) is 38.0 Å². The zero-order valence-corrected chi connectivity index (χ0v) is 18.2. The zero-order valence-electron chi connectivity index (χ0n) is 18.2. The number of nitrogens with one attached hydrogen (secondary N) is 6. The van der Waals surface area contributed by atoms with Crippen LogP contribution in [0.15, 0.2) is 0 Å². The van der Waals surface area contributed by atoms with Crippen molar-refractivity contribution in [1.82, 2.24) is 21.3 Å². The fourth-order valence-corrected chi connectivity index (χ4v) is 2.75. The van der Waals surface area contributed by atoms with Crippen LogP contribution in [0.5, 0.6) is 0 Å². The van der Waals surface area contributed by atoms with E-state index in [1.165, 1.54) is 0 Å². The average molecular weight is 444 g/mol. The maximum Gasteiger partial charge on any atom is 0.326 e. The number of carbonyl (C=O) groups excluding carboxylic acids is 2. The van der Waals surface area contributed by atoms with Crippen molar-refractivity contribution >= 4 is 29.7 Å². The summed E-state index contributed by atoms with van der Waals surface area (Å²) < 4.78 is 0. The Hall–Kier alpha value is -3.09. The molecule has 0 bridgehead atoms. The topological polar surface area (TPSA) is 245 Å². The van der Waals surface area contributed by atoms with E-state index in [1.54, 1.807) is 0 Å². The minimum Gasteiger partial charge on any atom is -0.480 e. The minimum absolute atomic E-state index is 0.112. The van der Waals surface area contributed by atoms with Crippen LogP contribution in [0.2, 0.25) is 0 Å². The summed E-state index contributed by atoms with van der Waals surface area (Å²) in [4.78, 5) is 36.6. The molecule has 0 rings (SSSR count). The molecule has 0 aliphatic heterocycles. The van der Waals surface area contributed by atoms with Crippen LogP contribution in [-0.4, -0.2) is 66.0 Å². The fourth-order valence-electron chi connectivity index (χ4n) is 2.75. The Morgan fingerprint density at radius 1 is 0.871 bits per heavy atom. The van der Waals surface area contributed by atoms with E-state index >= 15 is 0 Å². The lowest BCUT2D eigenvalue weighted by Gasteiger charge is -2.23. The second kappa shape index (κ2) is 14.8. The number of hydrogen-bond donors (Lipinski definition) is 10. The molecular formula is C18H37N9O4. The van der Waals surface area contributed by atoms with Crippen LogP contribution in [0.3, 0.4) is 0 Å². The van der Waals surface area contributed by atoms with Crippen molar-refractivity contribution in [2.45, 2.75) is 64.1 Å². The normalized spacial score (nSPS) is 13.5. The first-order chi connectivity index (χ1) is 14.4. The molecule has 31 heavy (non-hydrogen) atoms. The molecule has 0 saturated carbocycles. The van der Waals surface area contributed by atoms with Gasteiger partial charge in [-0.1, -0.05) is 13.8 Å². The molecule has 178 valence electrons. The molecule has 0 aliphatic rings. The van der Waals surface area contributed by atoms with Crippen molar-refractivity contribution in [2.75, 3.05) is 13.1 Å². The highest BCUT2D eigenvalue weighted by atomic mass is 16.4. The van der Waals surface area contributed by atoms with Gasteiger partial charge in [0.05, 0.1) is 6.04 Å². The average Bonchev–Trinajstić information content (AvgIpc) is 2.64. The number of guanidine groups is 2. The lowest BCUT2D eigenvalue weighted by Crippen LogP contribution is -2.54. The summed E-state index contributed by atoms with van der Waals surface area (Å²) in [6.07, 6.45) is 1.51. The molecule has 0 aromatic carbocycles. The van der Waals surface area contributed by atoms with Gasteiger partial charge in [-0.15, -0.1) is 0 Å². The smallest absolute Gasteiger partial charge is 0.326 e. The molecule has 0 heterocycles. The van der Waals surface area contributed by atoms with Crippen LogP contribution < -0.4 is 38.5 Å². The molecule has 0 aromatic rings. The Bertz CT molecular complexity index is 627. The van der Waals surface area contributed by atoms with Gasteiger partial charge in [0.25, 0.3) is 0 Å². The zero-order chi connectivity index (χ0) is 24.0. The highest BCUT2D eigenvalue weighted by Gasteiger charge is 2.27. The van der Waals surface area contributed by atoms with Gasteiger partial charge in [0.15, 0.2) is 11.9 Å². The second-order valence-corrected chi connectivity index (χ2v) is 7.66. The van der Waals surface area contributed by atoms with Crippen molar-refractivity contribution in [2.24, 2.45) is 23.1 Å². The molecule has 13 nitrogen and oxygen atoms in total. The van der Waals surface area contributed by atoms with Gasteiger partial charge in [-0.25, -0.2) is 4.79 Å². The van der Waals surface area contributed by atoms with Crippen molar-refractivity contribution in [3.05, 3.63) is 0 Å². The first kappa shape index (κ1) is 27.9. The number of aliphatic carboxylic acids is 1. The third-order valence-electron chi connectivity index (χ3n) is 4.28. The molecule has 3 atom stereocenters. The summed E-state index contributed by atoms with van der Waals surface area (Å²) in [5.41, 5.74) is 16.3. The van der Waals surface area contributed by atoms with Crippen molar-refractivity contribution in [3.8, 4) is 0 Å². The Balaban J connectivity index is 5.03. The molecule has 0 radical (unpaired) electrons. The predicted octanol–water partition coefficient (Wildman–Crippen LogP) is -2.06. The SMILES string of the molecule is CC(C)C[C@H](N)C(=O)N[C@@H](CCCNC(=N)N)C(=O)N[C@@H](CCCNC(=N)N)C(=O)O. The monoisotopic (exact) mass is 443 g/mol. The number of rotatable bonds is 15. The van der Waals surface area contributed by atoms with Crippen LogP contribution in [0.25, 0.3) is 0 Å². The van der Waals surface area contributed by atoms with E-state index in [4.69, 9.17) is 28.0 Å². The van der Waals surface area contributed by atoms with Gasteiger partial charge in [0, 0.05) is 13.1 Å². The van der Waals surface area contributed by atoms with Crippen LogP contribution in [-0.2, 0) is 14.4 Å². The number of nitrogens with two attached hydrogens (primary N) is 3. The van der Waals surface area contributed by atoms with E-state index in [9.17, 15) is 19.5 Å². The molecule has 0 aliphatic carbocycles. The molecule has 13 N–H and O–H groups in total. The van der Waals surface area contributed by atoms with E-state index in [0.29, 0.717) is 25.8 Å². The molecule has 0 saturated heterocycles. The summed E-state index contributed by atoms with van der Waals surface area (Å²) in [6, 6.07) is -2.95. The van der Waals surface area contributed by atoms with Crippen molar-refractivity contribution < 1.29 is 19.5 Å². The molecule has 0 fully saturated rings. The van der Waals surface area contributed by atoms with Crippen LogP contribution in [0.1, 0.15) is 46.0 Å². The summed E-state index contributed by atoms with van der Waals surface area (Å²) in [5.74, 6) is -2.60. The third-order valence-corrected chi connectivity index (χ3v) is 4.28. The van der Waals surface area contributed by atoms with E-state index in [0.717, 1.165) is 0 Å². The number of carboxylic acid groups (broad SMARTS) is 1. The highest BCUT2D eigenvalue weighted by molar-refractivity contribution is 5.91. The summed E-state index contributed by atoms with van der Waals surface area (Å²) >= 11 is 0. The van der Waals surface area contributed by atoms with Gasteiger partial charge >= 0.3 is 5.97 Å². The van der Waals surface area contributed by atoms with Crippen LogP contribution >= 0.6 is 0 Å². The first-order valence-corrected chi connectivity index (χ1v) is 10.2. The largest absolute Gasteiger partial charge is 0.480 e. The Morgan fingerprint density at radius 3 is 1.74 bits per heavy atom. The Kier molecular flexibility index (Phi) is 13.3. The van der Waals surface area contributed by atoms with E-state index in [-0.39, 0.29) is 37.2 Å². The summed E-state index contributed by atoms with van der Waals surface area (Å²) in [5, 5.41) is 33.9. The standard InChI is InChI=1S/C18H37N9O4/c1-10(2)9-11(19)14(28)26-12(5-3-7-24-17(20)21)15(29)27-13(16(30)31)6-4-8-25-18(22)23/h10-13H,3-9,19H2,1-2H3,(H,26,28)(H,27,29)(H,30,31)(H4,20,21,24)(H4,22,23,25)/t11-,12-,13-/m0/s1.